The topological polar surface area (TPSA) is 17.1 Å². The summed E-state index contributed by atoms with van der Waals surface area (Å²) in [4.78, 5) is 12.1. The molecule has 0 fully saturated rings. The standard InChI is InChI=1S/C16H15FO/c1-12(14-7-9-15(17)10-8-14)16(18)11-13-5-3-2-4-6-13/h2-10,12H,11H2,1H3/t12-/m1/s1. The first-order valence-corrected chi connectivity index (χ1v) is 5.99. The summed E-state index contributed by atoms with van der Waals surface area (Å²) >= 11 is 0. The molecule has 0 radical (unpaired) electrons. The average Bonchev–Trinajstić information content (AvgIpc) is 2.40. The van der Waals surface area contributed by atoms with Crippen molar-refractivity contribution < 1.29 is 9.18 Å². The number of rotatable bonds is 4. The quantitative estimate of drug-likeness (QED) is 0.798. The van der Waals surface area contributed by atoms with Crippen LogP contribution in [-0.4, -0.2) is 5.78 Å². The second-order valence-corrected chi connectivity index (χ2v) is 4.40. The second kappa shape index (κ2) is 5.58. The lowest BCUT2D eigenvalue weighted by molar-refractivity contribution is -0.119. The van der Waals surface area contributed by atoms with Crippen molar-refractivity contribution in [2.75, 3.05) is 0 Å². The number of halogens is 1. The highest BCUT2D eigenvalue weighted by molar-refractivity contribution is 5.87. The SMILES string of the molecule is C[C@@H](C(=O)Cc1ccccc1)c1ccc(F)cc1. The fourth-order valence-corrected chi connectivity index (χ4v) is 1.89. The van der Waals surface area contributed by atoms with Crippen LogP contribution in [0.5, 0.6) is 0 Å². The van der Waals surface area contributed by atoms with E-state index in [0.717, 1.165) is 11.1 Å². The molecule has 0 heterocycles. The molecule has 0 aromatic heterocycles. The van der Waals surface area contributed by atoms with Gasteiger partial charge in [-0.2, -0.15) is 0 Å². The summed E-state index contributed by atoms with van der Waals surface area (Å²) < 4.78 is 12.8. The van der Waals surface area contributed by atoms with E-state index in [9.17, 15) is 9.18 Å². The van der Waals surface area contributed by atoms with Crippen LogP contribution in [0.3, 0.4) is 0 Å². The molecule has 0 aliphatic carbocycles. The van der Waals surface area contributed by atoms with Crippen LogP contribution in [0.15, 0.2) is 54.6 Å². The summed E-state index contributed by atoms with van der Waals surface area (Å²) in [5.74, 6) is -0.333. The van der Waals surface area contributed by atoms with Gasteiger partial charge in [0.1, 0.15) is 11.6 Å². The molecule has 1 nitrogen and oxygen atoms in total. The summed E-state index contributed by atoms with van der Waals surface area (Å²) in [6, 6.07) is 15.8. The molecule has 0 bridgehead atoms. The van der Waals surface area contributed by atoms with Crippen LogP contribution < -0.4 is 0 Å². The first kappa shape index (κ1) is 12.5. The summed E-state index contributed by atoms with van der Waals surface area (Å²) in [5, 5.41) is 0. The van der Waals surface area contributed by atoms with Crippen LogP contribution >= 0.6 is 0 Å². The maximum Gasteiger partial charge on any atom is 0.144 e. The Kier molecular flexibility index (Phi) is 3.88. The normalized spacial score (nSPS) is 12.1. The molecular weight excluding hydrogens is 227 g/mol. The number of carbonyl (C=O) groups is 1. The van der Waals surface area contributed by atoms with E-state index in [1.54, 1.807) is 12.1 Å². The van der Waals surface area contributed by atoms with E-state index in [2.05, 4.69) is 0 Å². The van der Waals surface area contributed by atoms with Gasteiger partial charge >= 0.3 is 0 Å². The van der Waals surface area contributed by atoms with Crippen LogP contribution in [-0.2, 0) is 11.2 Å². The Morgan fingerprint density at radius 3 is 2.28 bits per heavy atom. The molecule has 0 aliphatic rings. The number of Topliss-reactive ketones (excluding diaryl/α,β-unsaturated/α-hetero) is 1. The Morgan fingerprint density at radius 2 is 1.67 bits per heavy atom. The monoisotopic (exact) mass is 242 g/mol. The predicted molar refractivity (Wildman–Crippen MR) is 70.0 cm³/mol. The number of carbonyl (C=O) groups excluding carboxylic acids is 1. The number of hydrogen-bond acceptors (Lipinski definition) is 1. The number of benzene rings is 2. The van der Waals surface area contributed by atoms with Crippen LogP contribution in [0.25, 0.3) is 0 Å². The molecule has 18 heavy (non-hydrogen) atoms. The van der Waals surface area contributed by atoms with E-state index in [4.69, 9.17) is 0 Å². The Morgan fingerprint density at radius 1 is 1.06 bits per heavy atom. The molecule has 0 amide bonds. The summed E-state index contributed by atoms with van der Waals surface area (Å²) in [6.07, 6.45) is 0.416. The van der Waals surface area contributed by atoms with Gasteiger partial charge in [-0.25, -0.2) is 4.39 Å². The van der Waals surface area contributed by atoms with Crippen molar-refractivity contribution in [1.82, 2.24) is 0 Å². The van der Waals surface area contributed by atoms with Gasteiger partial charge in [-0.3, -0.25) is 4.79 Å². The fourth-order valence-electron chi connectivity index (χ4n) is 1.89. The summed E-state index contributed by atoms with van der Waals surface area (Å²) in [5.41, 5.74) is 1.87. The Bertz CT molecular complexity index is 517. The molecule has 0 unspecified atom stereocenters. The van der Waals surface area contributed by atoms with E-state index in [1.807, 2.05) is 37.3 Å². The molecule has 2 rings (SSSR count). The fraction of sp³-hybridized carbons (Fsp3) is 0.188. The molecule has 0 saturated heterocycles. The van der Waals surface area contributed by atoms with Crippen molar-refractivity contribution in [3.8, 4) is 0 Å². The minimum atomic E-state index is -0.276. The molecule has 1 atom stereocenters. The van der Waals surface area contributed by atoms with Crippen molar-refractivity contribution >= 4 is 5.78 Å². The van der Waals surface area contributed by atoms with Crippen molar-refractivity contribution in [1.29, 1.82) is 0 Å². The second-order valence-electron chi connectivity index (χ2n) is 4.40. The third kappa shape index (κ3) is 3.04. The zero-order valence-corrected chi connectivity index (χ0v) is 10.3. The van der Waals surface area contributed by atoms with Gasteiger partial charge in [0.25, 0.3) is 0 Å². The largest absolute Gasteiger partial charge is 0.299 e. The van der Waals surface area contributed by atoms with Crippen molar-refractivity contribution in [2.45, 2.75) is 19.3 Å². The van der Waals surface area contributed by atoms with Crippen LogP contribution in [0.2, 0.25) is 0 Å². The third-order valence-electron chi connectivity index (χ3n) is 3.07. The minimum Gasteiger partial charge on any atom is -0.299 e. The highest BCUT2D eigenvalue weighted by atomic mass is 19.1. The molecule has 0 N–H and O–H groups in total. The molecule has 92 valence electrons. The summed E-state index contributed by atoms with van der Waals surface area (Å²) in [6.45, 7) is 1.86. The van der Waals surface area contributed by atoms with Crippen LogP contribution in [0.1, 0.15) is 24.0 Å². The first-order chi connectivity index (χ1) is 8.66. The Labute approximate surface area is 106 Å². The molecule has 0 saturated carbocycles. The van der Waals surface area contributed by atoms with Gasteiger partial charge in [0.15, 0.2) is 0 Å². The van der Waals surface area contributed by atoms with Gasteiger partial charge in [-0.1, -0.05) is 49.4 Å². The summed E-state index contributed by atoms with van der Waals surface area (Å²) in [7, 11) is 0. The van der Waals surface area contributed by atoms with E-state index < -0.39 is 0 Å². The van der Waals surface area contributed by atoms with Gasteiger partial charge in [0.05, 0.1) is 0 Å². The third-order valence-corrected chi connectivity index (χ3v) is 3.07. The van der Waals surface area contributed by atoms with E-state index >= 15 is 0 Å². The van der Waals surface area contributed by atoms with Gasteiger partial charge in [-0.05, 0) is 23.3 Å². The van der Waals surface area contributed by atoms with E-state index in [1.165, 1.54) is 12.1 Å². The predicted octanol–water partition coefficient (Wildman–Crippen LogP) is 3.74. The minimum absolute atomic E-state index is 0.146. The van der Waals surface area contributed by atoms with Crippen molar-refractivity contribution in [3.05, 3.63) is 71.5 Å². The van der Waals surface area contributed by atoms with Crippen LogP contribution in [0.4, 0.5) is 4.39 Å². The van der Waals surface area contributed by atoms with Gasteiger partial charge in [0.2, 0.25) is 0 Å². The number of ketones is 1. The number of hydrogen-bond donors (Lipinski definition) is 0. The van der Waals surface area contributed by atoms with Crippen molar-refractivity contribution in [3.63, 3.8) is 0 Å². The molecule has 2 heteroatoms. The maximum absolute atomic E-state index is 12.8. The van der Waals surface area contributed by atoms with Crippen molar-refractivity contribution in [2.24, 2.45) is 0 Å². The lowest BCUT2D eigenvalue weighted by Gasteiger charge is -2.10. The van der Waals surface area contributed by atoms with E-state index in [0.29, 0.717) is 6.42 Å². The smallest absolute Gasteiger partial charge is 0.144 e. The molecular formula is C16H15FO. The molecule has 0 spiro atoms. The Hall–Kier alpha value is -1.96. The highest BCUT2D eigenvalue weighted by Gasteiger charge is 2.15. The van der Waals surface area contributed by atoms with E-state index in [-0.39, 0.29) is 17.5 Å². The molecule has 2 aromatic carbocycles. The van der Waals surface area contributed by atoms with Gasteiger partial charge < -0.3 is 0 Å². The van der Waals surface area contributed by atoms with Crippen LogP contribution in [0, 0.1) is 5.82 Å². The average molecular weight is 242 g/mol. The molecule has 0 aliphatic heterocycles. The first-order valence-electron chi connectivity index (χ1n) is 5.99. The Balaban J connectivity index is 2.07. The van der Waals surface area contributed by atoms with Gasteiger partial charge in [0, 0.05) is 12.3 Å². The highest BCUT2D eigenvalue weighted by Crippen LogP contribution is 2.18. The van der Waals surface area contributed by atoms with Gasteiger partial charge in [-0.15, -0.1) is 0 Å². The lowest BCUT2D eigenvalue weighted by Crippen LogP contribution is -2.12. The zero-order valence-electron chi connectivity index (χ0n) is 10.3. The molecule has 2 aromatic rings. The lowest BCUT2D eigenvalue weighted by atomic mass is 9.93. The zero-order chi connectivity index (χ0) is 13.0. The maximum atomic E-state index is 12.8.